The van der Waals surface area contributed by atoms with Crippen molar-refractivity contribution >= 4 is 5.91 Å². The lowest BCUT2D eigenvalue weighted by Crippen LogP contribution is -2.39. The maximum absolute atomic E-state index is 12.8. The number of benzene rings is 1. The molecule has 1 amide bonds. The van der Waals surface area contributed by atoms with Gasteiger partial charge in [0, 0.05) is 39.2 Å². The maximum Gasteiger partial charge on any atom is 0.222 e. The number of amides is 1. The number of carbonyl (C=O) groups excluding carboxylic acids is 1. The quantitative estimate of drug-likeness (QED) is 0.137. The van der Waals surface area contributed by atoms with Crippen LogP contribution >= 0.6 is 0 Å². The Morgan fingerprint density at radius 1 is 0.725 bits per heavy atom. The SMILES string of the molecule is CCCCCCCCCCCCCCCCCC(=O)N(C)C1CCC(c2ccc(CN(C)CCCO)cc2)CC1. The molecule has 0 bridgehead atoms. The molecule has 0 spiro atoms. The van der Waals surface area contributed by atoms with Crippen LogP contribution in [0.3, 0.4) is 0 Å². The molecule has 4 nitrogen and oxygen atoms in total. The molecule has 0 heterocycles. The summed E-state index contributed by atoms with van der Waals surface area (Å²) in [4.78, 5) is 17.2. The first-order valence-electron chi connectivity index (χ1n) is 17.2. The maximum atomic E-state index is 12.8. The number of aliphatic hydroxyl groups is 1. The molecular formula is C36H64N2O2. The monoisotopic (exact) mass is 556 g/mol. The van der Waals surface area contributed by atoms with E-state index in [9.17, 15) is 4.79 Å². The average molecular weight is 557 g/mol. The van der Waals surface area contributed by atoms with E-state index in [0.717, 1.165) is 45.2 Å². The molecule has 0 aromatic heterocycles. The zero-order valence-electron chi connectivity index (χ0n) is 26.7. The molecule has 4 heteroatoms. The highest BCUT2D eigenvalue weighted by molar-refractivity contribution is 5.76. The largest absolute Gasteiger partial charge is 0.396 e. The summed E-state index contributed by atoms with van der Waals surface area (Å²) in [5, 5.41) is 9.02. The van der Waals surface area contributed by atoms with Gasteiger partial charge < -0.3 is 14.9 Å². The first-order chi connectivity index (χ1) is 19.5. The van der Waals surface area contributed by atoms with E-state index in [1.807, 2.05) is 7.05 Å². The highest BCUT2D eigenvalue weighted by atomic mass is 16.3. The van der Waals surface area contributed by atoms with E-state index < -0.39 is 0 Å². The Labute approximate surface area is 248 Å². The molecular weight excluding hydrogens is 492 g/mol. The topological polar surface area (TPSA) is 43.8 Å². The molecule has 1 aliphatic rings. The third-order valence-corrected chi connectivity index (χ3v) is 9.23. The Bertz CT molecular complexity index is 742. The highest BCUT2D eigenvalue weighted by Gasteiger charge is 2.27. The normalized spacial score (nSPS) is 17.4. The van der Waals surface area contributed by atoms with Crippen molar-refractivity contribution in [2.45, 2.75) is 160 Å². The predicted octanol–water partition coefficient (Wildman–Crippen LogP) is 9.25. The zero-order valence-corrected chi connectivity index (χ0v) is 26.7. The van der Waals surface area contributed by atoms with Crippen LogP contribution in [0.15, 0.2) is 24.3 Å². The number of rotatable bonds is 23. The molecule has 0 atom stereocenters. The van der Waals surface area contributed by atoms with Crippen LogP contribution in [0.2, 0.25) is 0 Å². The van der Waals surface area contributed by atoms with Gasteiger partial charge in [-0.3, -0.25) is 4.79 Å². The van der Waals surface area contributed by atoms with Crippen molar-refractivity contribution in [2.75, 3.05) is 27.2 Å². The van der Waals surface area contributed by atoms with Crippen molar-refractivity contribution in [2.24, 2.45) is 0 Å². The summed E-state index contributed by atoms with van der Waals surface area (Å²) in [6.45, 7) is 4.40. The number of nitrogens with zero attached hydrogens (tertiary/aromatic N) is 2. The standard InChI is InChI=1S/C36H64N2O2/c1-4-5-6-7-8-9-10-11-12-13-14-15-16-17-18-20-36(40)38(3)35-27-25-34(26-28-35)33-23-21-32(22-24-33)31-37(2)29-19-30-39/h21-24,34-35,39H,4-20,25-31H2,1-3H3. The molecule has 1 saturated carbocycles. The van der Waals surface area contributed by atoms with Crippen LogP contribution < -0.4 is 0 Å². The van der Waals surface area contributed by atoms with E-state index in [4.69, 9.17) is 5.11 Å². The summed E-state index contributed by atoms with van der Waals surface area (Å²) in [5.74, 6) is 0.976. The van der Waals surface area contributed by atoms with Crippen LogP contribution in [0.25, 0.3) is 0 Å². The lowest BCUT2D eigenvalue weighted by molar-refractivity contribution is -0.132. The van der Waals surface area contributed by atoms with Gasteiger partial charge in [0.1, 0.15) is 0 Å². The minimum atomic E-state index is 0.256. The van der Waals surface area contributed by atoms with Gasteiger partial charge >= 0.3 is 0 Å². The van der Waals surface area contributed by atoms with E-state index in [0.29, 0.717) is 17.9 Å². The summed E-state index contributed by atoms with van der Waals surface area (Å²) in [7, 11) is 4.16. The van der Waals surface area contributed by atoms with Crippen LogP contribution in [-0.4, -0.2) is 54.1 Å². The fourth-order valence-electron chi connectivity index (χ4n) is 6.45. The Balaban J connectivity index is 1.48. The fraction of sp³-hybridized carbons (Fsp3) is 0.806. The van der Waals surface area contributed by atoms with Crippen LogP contribution in [0.4, 0.5) is 0 Å². The predicted molar refractivity (Wildman–Crippen MR) is 172 cm³/mol. The van der Waals surface area contributed by atoms with Gasteiger partial charge in [-0.2, -0.15) is 0 Å². The number of hydrogen-bond acceptors (Lipinski definition) is 3. The fourth-order valence-corrected chi connectivity index (χ4v) is 6.45. The van der Waals surface area contributed by atoms with Crippen LogP contribution in [-0.2, 0) is 11.3 Å². The van der Waals surface area contributed by atoms with Gasteiger partial charge in [0.05, 0.1) is 0 Å². The molecule has 1 N–H and O–H groups in total. The summed E-state index contributed by atoms with van der Waals surface area (Å²) in [6, 6.07) is 9.57. The molecule has 0 unspecified atom stereocenters. The van der Waals surface area contributed by atoms with Gasteiger partial charge in [0.25, 0.3) is 0 Å². The number of unbranched alkanes of at least 4 members (excludes halogenated alkanes) is 14. The average Bonchev–Trinajstić information content (AvgIpc) is 2.98. The molecule has 40 heavy (non-hydrogen) atoms. The van der Waals surface area contributed by atoms with Crippen molar-refractivity contribution in [1.29, 1.82) is 0 Å². The van der Waals surface area contributed by atoms with Crippen molar-refractivity contribution in [3.63, 3.8) is 0 Å². The van der Waals surface area contributed by atoms with E-state index in [1.165, 1.54) is 114 Å². The third kappa shape index (κ3) is 15.0. The lowest BCUT2D eigenvalue weighted by Gasteiger charge is -2.35. The molecule has 1 aliphatic carbocycles. The molecule has 0 aliphatic heterocycles. The third-order valence-electron chi connectivity index (χ3n) is 9.23. The van der Waals surface area contributed by atoms with Crippen LogP contribution in [0, 0.1) is 0 Å². The first-order valence-corrected chi connectivity index (χ1v) is 17.2. The van der Waals surface area contributed by atoms with E-state index in [1.54, 1.807) is 0 Å². The molecule has 1 fully saturated rings. The van der Waals surface area contributed by atoms with Gasteiger partial charge in [-0.15, -0.1) is 0 Å². The minimum Gasteiger partial charge on any atom is -0.396 e. The van der Waals surface area contributed by atoms with E-state index in [2.05, 4.69) is 48.0 Å². The summed E-state index contributed by atoms with van der Waals surface area (Å²) < 4.78 is 0. The van der Waals surface area contributed by atoms with Crippen molar-refractivity contribution < 1.29 is 9.90 Å². The molecule has 1 aromatic carbocycles. The Kier molecular flexibility index (Phi) is 19.4. The highest BCUT2D eigenvalue weighted by Crippen LogP contribution is 2.35. The summed E-state index contributed by atoms with van der Waals surface area (Å²) >= 11 is 0. The Morgan fingerprint density at radius 2 is 1.23 bits per heavy atom. The second-order valence-electron chi connectivity index (χ2n) is 12.8. The van der Waals surface area contributed by atoms with Gasteiger partial charge in [-0.05, 0) is 62.6 Å². The van der Waals surface area contributed by atoms with Crippen molar-refractivity contribution in [3.8, 4) is 0 Å². The van der Waals surface area contributed by atoms with E-state index >= 15 is 0 Å². The van der Waals surface area contributed by atoms with Gasteiger partial charge in [0.2, 0.25) is 5.91 Å². The smallest absolute Gasteiger partial charge is 0.222 e. The lowest BCUT2D eigenvalue weighted by atomic mass is 9.81. The van der Waals surface area contributed by atoms with Crippen LogP contribution in [0.1, 0.15) is 159 Å². The van der Waals surface area contributed by atoms with Crippen LogP contribution in [0.5, 0.6) is 0 Å². The Hall–Kier alpha value is -1.39. The van der Waals surface area contributed by atoms with Crippen molar-refractivity contribution in [1.82, 2.24) is 9.80 Å². The number of carbonyl (C=O) groups is 1. The second kappa shape index (κ2) is 22.2. The van der Waals surface area contributed by atoms with Crippen molar-refractivity contribution in [3.05, 3.63) is 35.4 Å². The van der Waals surface area contributed by atoms with Gasteiger partial charge in [-0.25, -0.2) is 0 Å². The Morgan fingerprint density at radius 3 is 1.73 bits per heavy atom. The zero-order chi connectivity index (χ0) is 28.8. The number of aliphatic hydroxyl groups excluding tert-OH is 1. The summed E-state index contributed by atoms with van der Waals surface area (Å²) in [6.07, 6.45) is 26.6. The number of hydrogen-bond donors (Lipinski definition) is 1. The second-order valence-corrected chi connectivity index (χ2v) is 12.8. The van der Waals surface area contributed by atoms with Gasteiger partial charge in [-0.1, -0.05) is 121 Å². The molecule has 2 rings (SSSR count). The molecule has 0 saturated heterocycles. The molecule has 1 aromatic rings. The first kappa shape index (κ1) is 34.8. The molecule has 0 radical (unpaired) electrons. The van der Waals surface area contributed by atoms with E-state index in [-0.39, 0.29) is 6.61 Å². The summed E-state index contributed by atoms with van der Waals surface area (Å²) in [5.41, 5.74) is 2.79. The van der Waals surface area contributed by atoms with Gasteiger partial charge in [0.15, 0.2) is 0 Å². The molecule has 230 valence electrons. The minimum absolute atomic E-state index is 0.256.